The number of para-hydroxylation sites is 1. The second-order valence-corrected chi connectivity index (χ2v) is 5.21. The molecule has 0 fully saturated rings. The Morgan fingerprint density at radius 3 is 2.84 bits per heavy atom. The number of rotatable bonds is 4. The topological polar surface area (TPSA) is 37.8 Å². The largest absolute Gasteiger partial charge is 0.304 e. The van der Waals surface area contributed by atoms with Gasteiger partial charge in [0.05, 0.1) is 11.6 Å². The summed E-state index contributed by atoms with van der Waals surface area (Å²) >= 11 is 1.67. The van der Waals surface area contributed by atoms with E-state index in [2.05, 4.69) is 46.5 Å². The SMILES string of the molecule is CCNC(c1nccs1)c1cccc2cccnc12. The van der Waals surface area contributed by atoms with Crippen molar-refractivity contribution in [3.05, 3.63) is 58.7 Å². The quantitative estimate of drug-likeness (QED) is 0.789. The molecule has 19 heavy (non-hydrogen) atoms. The average molecular weight is 269 g/mol. The molecule has 3 nitrogen and oxygen atoms in total. The molecule has 0 aliphatic rings. The average Bonchev–Trinajstić information content (AvgIpc) is 2.98. The number of fused-ring (bicyclic) bond motifs is 1. The molecule has 0 bridgehead atoms. The Balaban J connectivity index is 2.15. The van der Waals surface area contributed by atoms with E-state index in [9.17, 15) is 0 Å². The summed E-state index contributed by atoms with van der Waals surface area (Å²) < 4.78 is 0. The molecule has 0 aliphatic carbocycles. The normalized spacial score (nSPS) is 12.7. The molecule has 0 aliphatic heterocycles. The lowest BCUT2D eigenvalue weighted by Crippen LogP contribution is -2.22. The summed E-state index contributed by atoms with van der Waals surface area (Å²) in [6.45, 7) is 3.01. The van der Waals surface area contributed by atoms with Gasteiger partial charge in [-0.2, -0.15) is 0 Å². The Hall–Kier alpha value is -1.78. The van der Waals surface area contributed by atoms with E-state index in [4.69, 9.17) is 0 Å². The number of aromatic nitrogens is 2. The van der Waals surface area contributed by atoms with Crippen LogP contribution >= 0.6 is 11.3 Å². The van der Waals surface area contributed by atoms with Gasteiger partial charge in [0.1, 0.15) is 5.01 Å². The molecule has 4 heteroatoms. The zero-order valence-corrected chi connectivity index (χ0v) is 11.5. The molecule has 96 valence electrons. The minimum Gasteiger partial charge on any atom is -0.304 e. The van der Waals surface area contributed by atoms with Gasteiger partial charge < -0.3 is 5.32 Å². The molecule has 1 aromatic carbocycles. The van der Waals surface area contributed by atoms with Crippen molar-refractivity contribution >= 4 is 22.2 Å². The molecule has 1 N–H and O–H groups in total. The van der Waals surface area contributed by atoms with E-state index < -0.39 is 0 Å². The Morgan fingerprint density at radius 1 is 1.16 bits per heavy atom. The van der Waals surface area contributed by atoms with Gasteiger partial charge in [-0.15, -0.1) is 11.3 Å². The Morgan fingerprint density at radius 2 is 2.05 bits per heavy atom. The molecule has 1 atom stereocenters. The molecule has 1 unspecified atom stereocenters. The molecule has 0 amide bonds. The van der Waals surface area contributed by atoms with E-state index >= 15 is 0 Å². The summed E-state index contributed by atoms with van der Waals surface area (Å²) in [7, 11) is 0. The standard InChI is InChI=1S/C15H15N3S/c1-2-16-14(15-18-9-10-19-15)12-7-3-5-11-6-4-8-17-13(11)12/h3-10,14,16H,2H2,1H3. The van der Waals surface area contributed by atoms with E-state index in [-0.39, 0.29) is 6.04 Å². The molecule has 2 heterocycles. The molecule has 3 aromatic rings. The first-order valence-electron chi connectivity index (χ1n) is 6.36. The monoisotopic (exact) mass is 269 g/mol. The number of hydrogen-bond donors (Lipinski definition) is 1. The van der Waals surface area contributed by atoms with Crippen LogP contribution in [0.25, 0.3) is 10.9 Å². The van der Waals surface area contributed by atoms with Gasteiger partial charge in [0.25, 0.3) is 0 Å². The summed E-state index contributed by atoms with van der Waals surface area (Å²) in [4.78, 5) is 8.98. The minimum absolute atomic E-state index is 0.114. The van der Waals surface area contributed by atoms with Crippen LogP contribution in [0.5, 0.6) is 0 Å². The zero-order valence-electron chi connectivity index (χ0n) is 10.7. The van der Waals surface area contributed by atoms with Crippen LogP contribution in [0, 0.1) is 0 Å². The molecular weight excluding hydrogens is 254 g/mol. The molecule has 2 aromatic heterocycles. The summed E-state index contributed by atoms with van der Waals surface area (Å²) in [5.41, 5.74) is 2.24. The van der Waals surface area contributed by atoms with Crippen LogP contribution < -0.4 is 5.32 Å². The summed E-state index contributed by atoms with van der Waals surface area (Å²) in [6, 6.07) is 10.5. The van der Waals surface area contributed by atoms with Crippen LogP contribution in [0.15, 0.2) is 48.1 Å². The molecule has 0 saturated carbocycles. The predicted octanol–water partition coefficient (Wildman–Crippen LogP) is 3.39. The maximum Gasteiger partial charge on any atom is 0.114 e. The van der Waals surface area contributed by atoms with Crippen molar-refractivity contribution < 1.29 is 0 Å². The molecule has 3 rings (SSSR count). The summed E-state index contributed by atoms with van der Waals surface area (Å²) in [5, 5.41) is 7.76. The lowest BCUT2D eigenvalue weighted by atomic mass is 10.0. The van der Waals surface area contributed by atoms with Crippen LogP contribution in [0.2, 0.25) is 0 Å². The fraction of sp³-hybridized carbons (Fsp3) is 0.200. The third-order valence-corrected chi connectivity index (χ3v) is 3.92. The second kappa shape index (κ2) is 5.47. The van der Waals surface area contributed by atoms with Crippen LogP contribution in [-0.4, -0.2) is 16.5 Å². The van der Waals surface area contributed by atoms with Crippen molar-refractivity contribution in [3.8, 4) is 0 Å². The lowest BCUT2D eigenvalue weighted by molar-refractivity contribution is 0.630. The number of nitrogens with one attached hydrogen (secondary N) is 1. The van der Waals surface area contributed by atoms with Crippen LogP contribution in [0.1, 0.15) is 23.5 Å². The van der Waals surface area contributed by atoms with Crippen LogP contribution in [0.4, 0.5) is 0 Å². The summed E-state index contributed by atoms with van der Waals surface area (Å²) in [6.07, 6.45) is 3.69. The van der Waals surface area contributed by atoms with Crippen molar-refractivity contribution in [1.82, 2.24) is 15.3 Å². The van der Waals surface area contributed by atoms with Crippen molar-refractivity contribution in [1.29, 1.82) is 0 Å². The minimum atomic E-state index is 0.114. The Bertz CT molecular complexity index is 659. The Kier molecular flexibility index (Phi) is 3.53. The molecule has 0 saturated heterocycles. The van der Waals surface area contributed by atoms with Crippen LogP contribution in [0.3, 0.4) is 0 Å². The van der Waals surface area contributed by atoms with Gasteiger partial charge >= 0.3 is 0 Å². The molecule has 0 spiro atoms. The first-order valence-corrected chi connectivity index (χ1v) is 7.24. The number of pyridine rings is 1. The van der Waals surface area contributed by atoms with Gasteiger partial charge in [0.2, 0.25) is 0 Å². The van der Waals surface area contributed by atoms with E-state index in [1.54, 1.807) is 11.3 Å². The van der Waals surface area contributed by atoms with Gasteiger partial charge in [-0.3, -0.25) is 4.98 Å². The predicted molar refractivity (Wildman–Crippen MR) is 79.4 cm³/mol. The maximum absolute atomic E-state index is 4.53. The summed E-state index contributed by atoms with van der Waals surface area (Å²) in [5.74, 6) is 0. The second-order valence-electron chi connectivity index (χ2n) is 4.28. The van der Waals surface area contributed by atoms with Gasteiger partial charge in [-0.25, -0.2) is 4.98 Å². The first-order chi connectivity index (χ1) is 9.40. The fourth-order valence-electron chi connectivity index (χ4n) is 2.27. The number of benzene rings is 1. The van der Waals surface area contributed by atoms with Gasteiger partial charge in [0.15, 0.2) is 0 Å². The lowest BCUT2D eigenvalue weighted by Gasteiger charge is -2.17. The third-order valence-electron chi connectivity index (χ3n) is 3.08. The van der Waals surface area contributed by atoms with Gasteiger partial charge in [-0.1, -0.05) is 31.2 Å². The van der Waals surface area contributed by atoms with E-state index in [1.807, 2.05) is 23.8 Å². The number of nitrogens with zero attached hydrogens (tertiary/aromatic N) is 2. The third kappa shape index (κ3) is 2.37. The van der Waals surface area contributed by atoms with E-state index in [1.165, 1.54) is 10.9 Å². The van der Waals surface area contributed by atoms with E-state index in [0.29, 0.717) is 0 Å². The van der Waals surface area contributed by atoms with Gasteiger partial charge in [-0.05, 0) is 12.6 Å². The highest BCUT2D eigenvalue weighted by Crippen LogP contribution is 2.28. The van der Waals surface area contributed by atoms with Crippen molar-refractivity contribution in [2.24, 2.45) is 0 Å². The van der Waals surface area contributed by atoms with Crippen LogP contribution in [-0.2, 0) is 0 Å². The fourth-order valence-corrected chi connectivity index (χ4v) is 3.00. The van der Waals surface area contributed by atoms with E-state index in [0.717, 1.165) is 17.1 Å². The number of thiazole rings is 1. The highest BCUT2D eigenvalue weighted by Gasteiger charge is 2.18. The maximum atomic E-state index is 4.53. The highest BCUT2D eigenvalue weighted by atomic mass is 32.1. The van der Waals surface area contributed by atoms with Crippen molar-refractivity contribution in [2.45, 2.75) is 13.0 Å². The van der Waals surface area contributed by atoms with Gasteiger partial charge in [0, 0.05) is 28.7 Å². The smallest absolute Gasteiger partial charge is 0.114 e. The van der Waals surface area contributed by atoms with Crippen molar-refractivity contribution in [3.63, 3.8) is 0 Å². The van der Waals surface area contributed by atoms with Crippen molar-refractivity contribution in [2.75, 3.05) is 6.54 Å². The Labute approximate surface area is 116 Å². The zero-order chi connectivity index (χ0) is 13.1. The highest BCUT2D eigenvalue weighted by molar-refractivity contribution is 7.09. The number of hydrogen-bond acceptors (Lipinski definition) is 4. The molecule has 0 radical (unpaired) electrons. The first kappa shape index (κ1) is 12.3. The molecular formula is C15H15N3S.